The number of carbonyl (C=O) groups excluding carboxylic acids is 2. The molecule has 0 aliphatic carbocycles. The van der Waals surface area contributed by atoms with Gasteiger partial charge in [0.15, 0.2) is 16.6 Å². The molecule has 0 fully saturated rings. The van der Waals surface area contributed by atoms with Crippen LogP contribution in [0.4, 0.5) is 10.8 Å². The third kappa shape index (κ3) is 2.79. The molecule has 2 aromatic rings. The van der Waals surface area contributed by atoms with Gasteiger partial charge in [-0.05, 0) is 0 Å². The number of ketones is 1. The lowest BCUT2D eigenvalue weighted by atomic mass is 10.3. The fraction of sp³-hybridized carbons (Fsp3) is 0.273. The topological polar surface area (TPSA) is 86.1 Å². The fourth-order valence-corrected chi connectivity index (χ4v) is 2.33. The highest BCUT2D eigenvalue weighted by Crippen LogP contribution is 2.26. The number of nitrogens with one attached hydrogen (secondary N) is 1. The SMILES string of the molecule is COC(=O)c1nc(Nc2cnn(C)c2)sc1C(C)=O. The number of aromatic nitrogens is 3. The van der Waals surface area contributed by atoms with E-state index in [1.54, 1.807) is 24.1 Å². The van der Waals surface area contributed by atoms with E-state index in [1.807, 2.05) is 0 Å². The Morgan fingerprint density at radius 2 is 2.21 bits per heavy atom. The van der Waals surface area contributed by atoms with Gasteiger partial charge < -0.3 is 10.1 Å². The molecular weight excluding hydrogens is 268 g/mol. The van der Waals surface area contributed by atoms with Crippen LogP contribution in [0.15, 0.2) is 12.4 Å². The molecule has 1 N–H and O–H groups in total. The molecule has 2 rings (SSSR count). The lowest BCUT2D eigenvalue weighted by Crippen LogP contribution is -2.07. The highest BCUT2D eigenvalue weighted by atomic mass is 32.1. The normalized spacial score (nSPS) is 10.3. The molecule has 0 radical (unpaired) electrons. The molecule has 0 unspecified atom stereocenters. The van der Waals surface area contributed by atoms with Crippen LogP contribution < -0.4 is 5.32 Å². The summed E-state index contributed by atoms with van der Waals surface area (Å²) in [7, 11) is 3.04. The molecule has 0 bridgehead atoms. The van der Waals surface area contributed by atoms with Gasteiger partial charge in [0, 0.05) is 20.2 Å². The van der Waals surface area contributed by atoms with E-state index in [9.17, 15) is 9.59 Å². The Kier molecular flexibility index (Phi) is 3.61. The lowest BCUT2D eigenvalue weighted by molar-refractivity contribution is 0.0591. The Bertz CT molecular complexity index is 632. The van der Waals surface area contributed by atoms with Crippen molar-refractivity contribution in [1.82, 2.24) is 14.8 Å². The second kappa shape index (κ2) is 5.19. The monoisotopic (exact) mass is 280 g/mol. The molecule has 0 spiro atoms. The average Bonchev–Trinajstić information content (AvgIpc) is 2.95. The Labute approximate surface area is 113 Å². The summed E-state index contributed by atoms with van der Waals surface area (Å²) in [6.07, 6.45) is 3.37. The number of ether oxygens (including phenoxy) is 1. The molecular formula is C11H12N4O3S. The van der Waals surface area contributed by atoms with Crippen LogP contribution in [-0.4, -0.2) is 33.6 Å². The van der Waals surface area contributed by atoms with E-state index >= 15 is 0 Å². The molecule has 0 saturated heterocycles. The predicted molar refractivity (Wildman–Crippen MR) is 69.9 cm³/mol. The van der Waals surface area contributed by atoms with Gasteiger partial charge in [0.05, 0.1) is 19.0 Å². The molecule has 0 atom stereocenters. The number of hydrogen-bond acceptors (Lipinski definition) is 7. The average molecular weight is 280 g/mol. The molecule has 2 aromatic heterocycles. The van der Waals surface area contributed by atoms with Crippen LogP contribution in [-0.2, 0) is 11.8 Å². The second-order valence-corrected chi connectivity index (χ2v) is 4.77. The maximum absolute atomic E-state index is 11.5. The third-order valence-electron chi connectivity index (χ3n) is 2.28. The van der Waals surface area contributed by atoms with Crippen molar-refractivity contribution in [2.24, 2.45) is 7.05 Å². The minimum absolute atomic E-state index is 0.0337. The van der Waals surface area contributed by atoms with Gasteiger partial charge in [-0.1, -0.05) is 11.3 Å². The largest absolute Gasteiger partial charge is 0.464 e. The van der Waals surface area contributed by atoms with Gasteiger partial charge in [-0.25, -0.2) is 9.78 Å². The van der Waals surface area contributed by atoms with Crippen molar-refractivity contribution in [3.63, 3.8) is 0 Å². The van der Waals surface area contributed by atoms with E-state index in [4.69, 9.17) is 0 Å². The number of esters is 1. The number of carbonyl (C=O) groups is 2. The van der Waals surface area contributed by atoms with Crippen LogP contribution in [0.1, 0.15) is 27.1 Å². The van der Waals surface area contributed by atoms with E-state index in [-0.39, 0.29) is 16.4 Å². The van der Waals surface area contributed by atoms with Crippen molar-refractivity contribution in [3.05, 3.63) is 23.0 Å². The Morgan fingerprint density at radius 1 is 1.47 bits per heavy atom. The zero-order valence-electron chi connectivity index (χ0n) is 10.6. The second-order valence-electron chi connectivity index (χ2n) is 3.77. The minimum Gasteiger partial charge on any atom is -0.464 e. The van der Waals surface area contributed by atoms with Crippen LogP contribution in [0.25, 0.3) is 0 Å². The zero-order valence-corrected chi connectivity index (χ0v) is 11.4. The zero-order chi connectivity index (χ0) is 14.0. The highest BCUT2D eigenvalue weighted by molar-refractivity contribution is 7.17. The summed E-state index contributed by atoms with van der Waals surface area (Å²) in [6, 6.07) is 0. The number of Topliss-reactive ketones (excluding diaryl/α,β-unsaturated/α-hetero) is 1. The fourth-order valence-electron chi connectivity index (χ4n) is 1.46. The standard InChI is InChI=1S/C11H12N4O3S/c1-6(16)9-8(10(17)18-3)14-11(19-9)13-7-4-12-15(2)5-7/h4-5H,1-3H3,(H,13,14). The number of rotatable bonds is 4. The molecule has 8 heteroatoms. The molecule has 19 heavy (non-hydrogen) atoms. The number of aryl methyl sites for hydroxylation is 1. The van der Waals surface area contributed by atoms with E-state index in [0.717, 1.165) is 17.0 Å². The molecule has 100 valence electrons. The maximum Gasteiger partial charge on any atom is 0.358 e. The quantitative estimate of drug-likeness (QED) is 0.676. The van der Waals surface area contributed by atoms with Gasteiger partial charge in [0.25, 0.3) is 0 Å². The maximum atomic E-state index is 11.5. The predicted octanol–water partition coefficient (Wildman–Crippen LogP) is 1.61. The minimum atomic E-state index is -0.624. The highest BCUT2D eigenvalue weighted by Gasteiger charge is 2.21. The van der Waals surface area contributed by atoms with Crippen molar-refractivity contribution < 1.29 is 14.3 Å². The summed E-state index contributed by atoms with van der Waals surface area (Å²) in [4.78, 5) is 27.4. The molecule has 7 nitrogen and oxygen atoms in total. The number of nitrogens with zero attached hydrogens (tertiary/aromatic N) is 3. The summed E-state index contributed by atoms with van der Waals surface area (Å²) in [5.74, 6) is -0.849. The van der Waals surface area contributed by atoms with Gasteiger partial charge >= 0.3 is 5.97 Å². The number of hydrogen-bond donors (Lipinski definition) is 1. The first-order valence-electron chi connectivity index (χ1n) is 5.37. The first kappa shape index (κ1) is 13.2. The number of thiazole rings is 1. The number of methoxy groups -OCH3 is 1. The Balaban J connectivity index is 2.32. The van der Waals surface area contributed by atoms with E-state index < -0.39 is 5.97 Å². The molecule has 0 aliphatic heterocycles. The first-order chi connectivity index (χ1) is 9.01. The van der Waals surface area contributed by atoms with Gasteiger partial charge in [0.1, 0.15) is 4.88 Å². The van der Waals surface area contributed by atoms with Crippen LogP contribution in [0.2, 0.25) is 0 Å². The molecule has 0 aromatic carbocycles. The number of anilines is 2. The van der Waals surface area contributed by atoms with Gasteiger partial charge in [-0.15, -0.1) is 0 Å². The van der Waals surface area contributed by atoms with Gasteiger partial charge in [-0.2, -0.15) is 5.10 Å². The third-order valence-corrected chi connectivity index (χ3v) is 3.35. The Hall–Kier alpha value is -2.22. The first-order valence-corrected chi connectivity index (χ1v) is 6.18. The van der Waals surface area contributed by atoms with Crippen LogP contribution >= 0.6 is 11.3 Å². The van der Waals surface area contributed by atoms with E-state index in [0.29, 0.717) is 5.13 Å². The molecule has 0 aliphatic rings. The van der Waals surface area contributed by atoms with Gasteiger partial charge in [-0.3, -0.25) is 9.48 Å². The summed E-state index contributed by atoms with van der Waals surface area (Å²) in [5.41, 5.74) is 0.758. The lowest BCUT2D eigenvalue weighted by Gasteiger charge is -1.96. The van der Waals surface area contributed by atoms with Crippen LogP contribution in [0.3, 0.4) is 0 Å². The van der Waals surface area contributed by atoms with Crippen molar-refractivity contribution >= 4 is 33.9 Å². The van der Waals surface area contributed by atoms with Crippen LogP contribution in [0, 0.1) is 0 Å². The van der Waals surface area contributed by atoms with Crippen molar-refractivity contribution in [3.8, 4) is 0 Å². The van der Waals surface area contributed by atoms with Crippen molar-refractivity contribution in [1.29, 1.82) is 0 Å². The molecule has 2 heterocycles. The van der Waals surface area contributed by atoms with E-state index in [2.05, 4.69) is 20.1 Å². The van der Waals surface area contributed by atoms with Crippen LogP contribution in [0.5, 0.6) is 0 Å². The smallest absolute Gasteiger partial charge is 0.358 e. The Morgan fingerprint density at radius 3 is 2.74 bits per heavy atom. The van der Waals surface area contributed by atoms with Gasteiger partial charge in [0.2, 0.25) is 0 Å². The van der Waals surface area contributed by atoms with E-state index in [1.165, 1.54) is 14.0 Å². The summed E-state index contributed by atoms with van der Waals surface area (Å²) < 4.78 is 6.23. The molecule has 0 amide bonds. The summed E-state index contributed by atoms with van der Waals surface area (Å²) >= 11 is 1.11. The van der Waals surface area contributed by atoms with Crippen molar-refractivity contribution in [2.45, 2.75) is 6.92 Å². The summed E-state index contributed by atoms with van der Waals surface area (Å²) in [5, 5.41) is 7.43. The molecule has 0 saturated carbocycles. The summed E-state index contributed by atoms with van der Waals surface area (Å²) in [6.45, 7) is 1.38. The van der Waals surface area contributed by atoms with Crippen molar-refractivity contribution in [2.75, 3.05) is 12.4 Å².